The van der Waals surface area contributed by atoms with Gasteiger partial charge in [0.25, 0.3) is 0 Å². The Bertz CT molecular complexity index is 642. The lowest BCUT2D eigenvalue weighted by atomic mass is 10.3. The summed E-state index contributed by atoms with van der Waals surface area (Å²) in [4.78, 5) is 15.1. The van der Waals surface area contributed by atoms with Crippen molar-refractivity contribution in [3.8, 4) is 0 Å². The highest BCUT2D eigenvalue weighted by Gasteiger charge is 2.21. The van der Waals surface area contributed by atoms with Gasteiger partial charge in [0, 0.05) is 36.1 Å². The average Bonchev–Trinajstić information content (AvgIpc) is 2.52. The molecule has 0 unspecified atom stereocenters. The van der Waals surface area contributed by atoms with E-state index in [1.54, 1.807) is 11.8 Å². The number of likely N-dealkylation sites (N-methyl/N-ethyl adjacent to an activating group) is 1. The van der Waals surface area contributed by atoms with E-state index in [2.05, 4.69) is 26.8 Å². The van der Waals surface area contributed by atoms with Gasteiger partial charge in [0.15, 0.2) is 0 Å². The van der Waals surface area contributed by atoms with Gasteiger partial charge in [-0.15, -0.1) is 0 Å². The van der Waals surface area contributed by atoms with E-state index in [1.807, 2.05) is 24.3 Å². The summed E-state index contributed by atoms with van der Waals surface area (Å²) in [7, 11) is 2.13. The molecule has 1 aliphatic heterocycles. The third kappa shape index (κ3) is 3.66. The fraction of sp³-hybridized carbons (Fsp3) is 0.333. The largest absolute Gasteiger partial charge is 0.353 e. The number of anilines is 1. The van der Waals surface area contributed by atoms with Crippen molar-refractivity contribution < 1.29 is 0 Å². The van der Waals surface area contributed by atoms with Gasteiger partial charge in [0.05, 0.1) is 4.90 Å². The minimum Gasteiger partial charge on any atom is -0.353 e. The van der Waals surface area contributed by atoms with E-state index in [-0.39, 0.29) is 0 Å². The number of piperazine rings is 1. The van der Waals surface area contributed by atoms with E-state index in [9.17, 15) is 0 Å². The van der Waals surface area contributed by atoms with E-state index in [1.165, 1.54) is 6.33 Å². The molecule has 22 heavy (non-hydrogen) atoms. The second-order valence-corrected chi connectivity index (χ2v) is 7.04. The summed E-state index contributed by atoms with van der Waals surface area (Å²) in [5.74, 6) is 0.910. The van der Waals surface area contributed by atoms with Crippen LogP contribution in [0.2, 0.25) is 10.2 Å². The number of halogens is 2. The molecule has 0 N–H and O–H groups in total. The quantitative estimate of drug-likeness (QED) is 0.784. The van der Waals surface area contributed by atoms with Gasteiger partial charge in [-0.3, -0.25) is 0 Å². The van der Waals surface area contributed by atoms with Crippen LogP contribution in [0.1, 0.15) is 0 Å². The maximum Gasteiger partial charge on any atom is 0.148 e. The molecule has 1 aliphatic rings. The zero-order valence-corrected chi connectivity index (χ0v) is 14.5. The van der Waals surface area contributed by atoms with Crippen LogP contribution in [0.15, 0.2) is 40.4 Å². The summed E-state index contributed by atoms with van der Waals surface area (Å²) in [6, 6.07) is 7.70. The van der Waals surface area contributed by atoms with E-state index in [0.717, 1.165) is 46.8 Å². The summed E-state index contributed by atoms with van der Waals surface area (Å²) in [5.41, 5.74) is 0. The fourth-order valence-corrected chi connectivity index (χ4v) is 3.58. The molecule has 1 aromatic carbocycles. The Kier molecular flexibility index (Phi) is 5.08. The number of nitrogens with zero attached hydrogens (tertiary/aromatic N) is 4. The third-order valence-electron chi connectivity index (χ3n) is 3.58. The molecule has 0 amide bonds. The maximum atomic E-state index is 6.32. The SMILES string of the molecule is CN1CCN(c2ncnc(Cl)c2Sc2ccc(Cl)cc2)CC1. The van der Waals surface area contributed by atoms with Gasteiger partial charge in [-0.05, 0) is 31.3 Å². The first-order valence-corrected chi connectivity index (χ1v) is 8.58. The summed E-state index contributed by atoms with van der Waals surface area (Å²) in [6.07, 6.45) is 1.53. The first-order valence-electron chi connectivity index (χ1n) is 7.01. The number of hydrogen-bond acceptors (Lipinski definition) is 5. The molecule has 116 valence electrons. The van der Waals surface area contributed by atoms with Crippen LogP contribution in [0.5, 0.6) is 0 Å². The van der Waals surface area contributed by atoms with Crippen molar-refractivity contribution >= 4 is 40.8 Å². The number of rotatable bonds is 3. The monoisotopic (exact) mass is 354 g/mol. The minimum absolute atomic E-state index is 0.490. The molecular weight excluding hydrogens is 339 g/mol. The van der Waals surface area contributed by atoms with Crippen molar-refractivity contribution in [2.75, 3.05) is 38.1 Å². The molecule has 0 atom stereocenters. The highest BCUT2D eigenvalue weighted by molar-refractivity contribution is 7.99. The van der Waals surface area contributed by atoms with Crippen molar-refractivity contribution in [2.45, 2.75) is 9.79 Å². The molecule has 0 spiro atoms. The molecule has 1 saturated heterocycles. The van der Waals surface area contributed by atoms with Crippen LogP contribution in [0.3, 0.4) is 0 Å². The van der Waals surface area contributed by atoms with Gasteiger partial charge in [0.1, 0.15) is 17.3 Å². The van der Waals surface area contributed by atoms with Crippen LogP contribution < -0.4 is 4.90 Å². The van der Waals surface area contributed by atoms with E-state index >= 15 is 0 Å². The van der Waals surface area contributed by atoms with Gasteiger partial charge in [-0.25, -0.2) is 9.97 Å². The fourth-order valence-electron chi connectivity index (χ4n) is 2.30. The lowest BCUT2D eigenvalue weighted by molar-refractivity contribution is 0.311. The van der Waals surface area contributed by atoms with E-state index < -0.39 is 0 Å². The lowest BCUT2D eigenvalue weighted by Gasteiger charge is -2.34. The zero-order valence-electron chi connectivity index (χ0n) is 12.2. The normalized spacial score (nSPS) is 16.0. The van der Waals surface area contributed by atoms with Gasteiger partial charge >= 0.3 is 0 Å². The second kappa shape index (κ2) is 7.04. The molecular formula is C15H16Cl2N4S. The Morgan fingerprint density at radius 1 is 1.00 bits per heavy atom. The molecule has 1 fully saturated rings. The number of benzene rings is 1. The van der Waals surface area contributed by atoms with Crippen LogP contribution in [0.4, 0.5) is 5.82 Å². The first kappa shape index (κ1) is 15.9. The van der Waals surface area contributed by atoms with E-state index in [4.69, 9.17) is 23.2 Å². The smallest absolute Gasteiger partial charge is 0.148 e. The Morgan fingerprint density at radius 2 is 1.68 bits per heavy atom. The highest BCUT2D eigenvalue weighted by atomic mass is 35.5. The Labute approximate surface area is 144 Å². The summed E-state index contributed by atoms with van der Waals surface area (Å²) >= 11 is 13.8. The summed E-state index contributed by atoms with van der Waals surface area (Å²) in [6.45, 7) is 3.93. The zero-order chi connectivity index (χ0) is 15.5. The lowest BCUT2D eigenvalue weighted by Crippen LogP contribution is -2.45. The summed E-state index contributed by atoms with van der Waals surface area (Å²) < 4.78 is 0. The molecule has 2 heterocycles. The van der Waals surface area contributed by atoms with Crippen molar-refractivity contribution in [2.24, 2.45) is 0 Å². The predicted octanol–water partition coefficient (Wildman–Crippen LogP) is 3.69. The summed E-state index contributed by atoms with van der Waals surface area (Å²) in [5, 5.41) is 1.21. The van der Waals surface area contributed by atoms with Crippen LogP contribution in [-0.2, 0) is 0 Å². The molecule has 4 nitrogen and oxygen atoms in total. The molecule has 7 heteroatoms. The third-order valence-corrected chi connectivity index (χ3v) is 5.32. The highest BCUT2D eigenvalue weighted by Crippen LogP contribution is 2.38. The van der Waals surface area contributed by atoms with Gasteiger partial charge < -0.3 is 9.80 Å². The van der Waals surface area contributed by atoms with Crippen LogP contribution in [0.25, 0.3) is 0 Å². The van der Waals surface area contributed by atoms with Gasteiger partial charge in [-0.2, -0.15) is 0 Å². The number of hydrogen-bond donors (Lipinski definition) is 0. The molecule has 1 aromatic heterocycles. The van der Waals surface area contributed by atoms with Crippen molar-refractivity contribution in [3.05, 3.63) is 40.8 Å². The Morgan fingerprint density at radius 3 is 2.36 bits per heavy atom. The standard InChI is InChI=1S/C15H16Cl2N4S/c1-20-6-8-21(9-7-20)15-13(14(17)18-10-19-15)22-12-4-2-11(16)3-5-12/h2-5,10H,6-9H2,1H3. The van der Waals surface area contributed by atoms with Crippen molar-refractivity contribution in [1.29, 1.82) is 0 Å². The minimum atomic E-state index is 0.490. The van der Waals surface area contributed by atoms with Gasteiger partial charge in [0.2, 0.25) is 0 Å². The van der Waals surface area contributed by atoms with Crippen LogP contribution >= 0.6 is 35.0 Å². The topological polar surface area (TPSA) is 32.3 Å². The van der Waals surface area contributed by atoms with Crippen molar-refractivity contribution in [1.82, 2.24) is 14.9 Å². The first-order chi connectivity index (χ1) is 10.6. The maximum absolute atomic E-state index is 6.32. The average molecular weight is 355 g/mol. The Hall–Kier alpha value is -1.01. The molecule has 0 bridgehead atoms. The predicted molar refractivity (Wildman–Crippen MR) is 92.3 cm³/mol. The molecule has 2 aromatic rings. The molecule has 0 aliphatic carbocycles. The molecule has 0 saturated carbocycles. The Balaban J connectivity index is 1.88. The second-order valence-electron chi connectivity index (χ2n) is 5.16. The van der Waals surface area contributed by atoms with E-state index in [0.29, 0.717) is 5.15 Å². The van der Waals surface area contributed by atoms with Crippen LogP contribution in [0, 0.1) is 0 Å². The van der Waals surface area contributed by atoms with Crippen LogP contribution in [-0.4, -0.2) is 48.1 Å². The molecule has 3 rings (SSSR count). The van der Waals surface area contributed by atoms with Gasteiger partial charge in [-0.1, -0.05) is 35.0 Å². The number of aromatic nitrogens is 2. The molecule has 0 radical (unpaired) electrons. The van der Waals surface area contributed by atoms with Crippen molar-refractivity contribution in [3.63, 3.8) is 0 Å².